The lowest BCUT2D eigenvalue weighted by Crippen LogP contribution is -2.41. The van der Waals surface area contributed by atoms with Crippen LogP contribution in [0.1, 0.15) is 26.2 Å². The van der Waals surface area contributed by atoms with E-state index in [9.17, 15) is 9.59 Å². The van der Waals surface area contributed by atoms with Crippen LogP contribution in [0, 0.1) is 0 Å². The van der Waals surface area contributed by atoms with Gasteiger partial charge >= 0.3 is 5.97 Å². The maximum absolute atomic E-state index is 10.7. The summed E-state index contributed by atoms with van der Waals surface area (Å²) in [5, 5.41) is 19.7. The summed E-state index contributed by atoms with van der Waals surface area (Å²) in [7, 11) is 0. The van der Waals surface area contributed by atoms with Crippen LogP contribution in [0.3, 0.4) is 0 Å². The van der Waals surface area contributed by atoms with Gasteiger partial charge in [-0.25, -0.2) is 4.79 Å². The highest BCUT2D eigenvalue weighted by atomic mass is 32.2. The first-order valence-electron chi connectivity index (χ1n) is 5.26. The second kappa shape index (κ2) is 9.47. The van der Waals surface area contributed by atoms with Crippen LogP contribution in [0.25, 0.3) is 0 Å². The summed E-state index contributed by atoms with van der Waals surface area (Å²) in [5.74, 6) is -0.0939. The third-order valence-electron chi connectivity index (χ3n) is 1.91. The highest BCUT2D eigenvalue weighted by molar-refractivity contribution is 7.99. The Morgan fingerprint density at radius 2 is 2.00 bits per heavy atom. The molecule has 94 valence electrons. The van der Waals surface area contributed by atoms with Gasteiger partial charge in [-0.3, -0.25) is 4.79 Å². The molecule has 3 N–H and O–H groups in total. The van der Waals surface area contributed by atoms with Crippen LogP contribution in [-0.4, -0.2) is 46.2 Å². The molecule has 0 aromatic carbocycles. The van der Waals surface area contributed by atoms with Crippen LogP contribution in [0.2, 0.25) is 0 Å². The van der Waals surface area contributed by atoms with E-state index in [0.717, 1.165) is 25.0 Å². The minimum Gasteiger partial charge on any atom is -0.480 e. The van der Waals surface area contributed by atoms with Gasteiger partial charge in [0.15, 0.2) is 0 Å². The highest BCUT2D eigenvalue weighted by Gasteiger charge is 2.17. The summed E-state index contributed by atoms with van der Waals surface area (Å²) in [5.41, 5.74) is 0. The van der Waals surface area contributed by atoms with Crippen LogP contribution < -0.4 is 5.32 Å². The van der Waals surface area contributed by atoms with E-state index in [1.165, 1.54) is 18.7 Å². The monoisotopic (exact) mass is 249 g/mol. The number of unbranched alkanes of at least 4 members (excludes halogenated alkanes) is 2. The number of carbonyl (C=O) groups excluding carboxylic acids is 1. The maximum atomic E-state index is 10.7. The van der Waals surface area contributed by atoms with Gasteiger partial charge in [0.1, 0.15) is 6.04 Å². The summed E-state index contributed by atoms with van der Waals surface area (Å²) in [6.45, 7) is 1.51. The summed E-state index contributed by atoms with van der Waals surface area (Å²) < 4.78 is 0. The molecule has 0 saturated heterocycles. The van der Waals surface area contributed by atoms with Crippen molar-refractivity contribution >= 4 is 23.6 Å². The molecule has 0 spiro atoms. The normalized spacial score (nSPS) is 12.1. The Morgan fingerprint density at radius 1 is 1.31 bits per heavy atom. The topological polar surface area (TPSA) is 86.6 Å². The van der Waals surface area contributed by atoms with Gasteiger partial charge in [0.05, 0.1) is 0 Å². The van der Waals surface area contributed by atoms with Crippen molar-refractivity contribution in [1.29, 1.82) is 0 Å². The molecule has 0 aliphatic rings. The van der Waals surface area contributed by atoms with Crippen LogP contribution in [0.5, 0.6) is 0 Å². The first-order chi connectivity index (χ1) is 7.57. The second-order valence-corrected chi connectivity index (χ2v) is 4.60. The lowest BCUT2D eigenvalue weighted by molar-refractivity contribution is -0.140. The molecule has 0 aliphatic heterocycles. The number of carbonyl (C=O) groups is 2. The lowest BCUT2D eigenvalue weighted by Gasteiger charge is -2.12. The summed E-state index contributed by atoms with van der Waals surface area (Å²) in [6, 6.07) is -0.805. The van der Waals surface area contributed by atoms with Crippen LogP contribution in [0.4, 0.5) is 0 Å². The smallest absolute Gasteiger partial charge is 0.327 e. The zero-order chi connectivity index (χ0) is 12.4. The van der Waals surface area contributed by atoms with Crippen molar-refractivity contribution in [2.75, 3.05) is 18.1 Å². The fraction of sp³-hybridized carbons (Fsp3) is 0.800. The molecule has 5 nitrogen and oxygen atoms in total. The van der Waals surface area contributed by atoms with E-state index in [2.05, 4.69) is 5.32 Å². The molecule has 0 saturated carbocycles. The third kappa shape index (κ3) is 8.55. The van der Waals surface area contributed by atoms with Crippen LogP contribution >= 0.6 is 11.8 Å². The first-order valence-corrected chi connectivity index (χ1v) is 6.42. The van der Waals surface area contributed by atoms with Crippen LogP contribution in [0.15, 0.2) is 0 Å². The summed E-state index contributed by atoms with van der Waals surface area (Å²) >= 11 is 1.50. The van der Waals surface area contributed by atoms with Gasteiger partial charge < -0.3 is 15.5 Å². The molecule has 0 aromatic rings. The molecule has 16 heavy (non-hydrogen) atoms. The van der Waals surface area contributed by atoms with E-state index < -0.39 is 12.0 Å². The minimum atomic E-state index is -1.00. The number of carboxylic acid groups (broad SMARTS) is 1. The zero-order valence-electron chi connectivity index (χ0n) is 9.44. The number of carboxylic acids is 1. The minimum absolute atomic E-state index is 0.203. The number of aliphatic carboxylic acids is 1. The molecule has 0 unspecified atom stereocenters. The number of hydrogen-bond acceptors (Lipinski definition) is 4. The average Bonchev–Trinajstić information content (AvgIpc) is 2.20. The van der Waals surface area contributed by atoms with Crippen molar-refractivity contribution in [3.8, 4) is 0 Å². The molecule has 0 bridgehead atoms. The fourth-order valence-electron chi connectivity index (χ4n) is 1.11. The van der Waals surface area contributed by atoms with Gasteiger partial charge in [-0.2, -0.15) is 11.8 Å². The van der Waals surface area contributed by atoms with E-state index in [4.69, 9.17) is 10.2 Å². The Labute approximate surface area is 99.6 Å². The third-order valence-corrected chi connectivity index (χ3v) is 3.05. The van der Waals surface area contributed by atoms with Crippen molar-refractivity contribution < 1.29 is 19.8 Å². The fourth-order valence-corrected chi connectivity index (χ4v) is 2.15. The number of hydrogen-bond donors (Lipinski definition) is 3. The number of aliphatic hydroxyl groups is 1. The van der Waals surface area contributed by atoms with Crippen molar-refractivity contribution in [3.05, 3.63) is 0 Å². The van der Waals surface area contributed by atoms with Crippen LogP contribution in [-0.2, 0) is 9.59 Å². The van der Waals surface area contributed by atoms with Gasteiger partial charge in [0.25, 0.3) is 0 Å². The average molecular weight is 249 g/mol. The van der Waals surface area contributed by atoms with E-state index in [-0.39, 0.29) is 12.5 Å². The Hall–Kier alpha value is -0.750. The Balaban J connectivity index is 3.60. The number of nitrogens with one attached hydrogen (secondary N) is 1. The Morgan fingerprint density at radius 3 is 2.50 bits per heavy atom. The standard InChI is InChI=1S/C10H19NO4S/c1-8(13)11-9(10(14)15)7-16-6-4-2-3-5-12/h9,12H,2-7H2,1H3,(H,11,13)(H,14,15)/t9-/m0/s1. The quantitative estimate of drug-likeness (QED) is 0.517. The lowest BCUT2D eigenvalue weighted by atomic mass is 10.3. The molecular formula is C10H19NO4S. The van der Waals surface area contributed by atoms with Gasteiger partial charge in [0, 0.05) is 19.3 Å². The molecule has 0 rings (SSSR count). The van der Waals surface area contributed by atoms with Gasteiger partial charge in [-0.05, 0) is 18.6 Å². The maximum Gasteiger partial charge on any atom is 0.327 e. The van der Waals surface area contributed by atoms with Gasteiger partial charge in [-0.15, -0.1) is 0 Å². The molecule has 1 atom stereocenters. The van der Waals surface area contributed by atoms with E-state index in [1.54, 1.807) is 0 Å². The van der Waals surface area contributed by atoms with E-state index in [0.29, 0.717) is 5.75 Å². The predicted octanol–water partition coefficient (Wildman–Crippen LogP) is 0.471. The van der Waals surface area contributed by atoms with Crippen molar-refractivity contribution in [3.63, 3.8) is 0 Å². The predicted molar refractivity (Wildman–Crippen MR) is 63.5 cm³/mol. The summed E-state index contributed by atoms with van der Waals surface area (Å²) in [4.78, 5) is 21.5. The first kappa shape index (κ1) is 15.2. The van der Waals surface area contributed by atoms with Crippen molar-refractivity contribution in [2.45, 2.75) is 32.2 Å². The second-order valence-electron chi connectivity index (χ2n) is 3.45. The Kier molecular flexibility index (Phi) is 9.03. The van der Waals surface area contributed by atoms with Crippen molar-refractivity contribution in [1.82, 2.24) is 5.32 Å². The van der Waals surface area contributed by atoms with E-state index in [1.807, 2.05) is 0 Å². The Bertz CT molecular complexity index is 223. The molecule has 0 fully saturated rings. The highest BCUT2D eigenvalue weighted by Crippen LogP contribution is 2.08. The van der Waals surface area contributed by atoms with E-state index >= 15 is 0 Å². The van der Waals surface area contributed by atoms with Crippen molar-refractivity contribution in [2.24, 2.45) is 0 Å². The SMILES string of the molecule is CC(=O)N[C@@H](CSCCCCCO)C(=O)O. The summed E-state index contributed by atoms with van der Waals surface area (Å²) in [6.07, 6.45) is 2.69. The van der Waals surface area contributed by atoms with Gasteiger partial charge in [-0.1, -0.05) is 6.42 Å². The molecule has 0 aromatic heterocycles. The number of aliphatic hydroxyl groups excluding tert-OH is 1. The number of thioether (sulfide) groups is 1. The molecular weight excluding hydrogens is 230 g/mol. The molecule has 0 aliphatic carbocycles. The van der Waals surface area contributed by atoms with Gasteiger partial charge in [0.2, 0.25) is 5.91 Å². The molecule has 1 amide bonds. The number of rotatable bonds is 9. The zero-order valence-corrected chi connectivity index (χ0v) is 10.3. The molecule has 6 heteroatoms. The number of amides is 1. The largest absolute Gasteiger partial charge is 0.480 e. The molecule has 0 heterocycles. The molecule has 0 radical (unpaired) electrons.